The predicted molar refractivity (Wildman–Crippen MR) is 86.5 cm³/mol. The molecule has 0 saturated carbocycles. The molecule has 0 aliphatic rings. The normalized spacial score (nSPS) is 12.0. The first-order chi connectivity index (χ1) is 10.2. The van der Waals surface area contributed by atoms with Crippen LogP contribution in [0.25, 0.3) is 0 Å². The Morgan fingerprint density at radius 1 is 1.05 bits per heavy atom. The lowest BCUT2D eigenvalue weighted by atomic mass is 9.91. The van der Waals surface area contributed by atoms with Gasteiger partial charge in [0.25, 0.3) is 0 Å². The third-order valence-corrected chi connectivity index (χ3v) is 3.83. The minimum atomic E-state index is 0.211. The zero-order valence-corrected chi connectivity index (χ0v) is 13.1. The Balaban J connectivity index is 2.28. The largest absolute Gasteiger partial charge is 0.493 e. The number of rotatable bonds is 6. The fourth-order valence-corrected chi connectivity index (χ4v) is 2.58. The Kier molecular flexibility index (Phi) is 5.48. The number of para-hydroxylation sites is 1. The Labute approximate surface area is 130 Å². The number of hydrogen-bond donors (Lipinski definition) is 1. The molecule has 3 nitrogen and oxygen atoms in total. The average molecular weight is 306 g/mol. The van der Waals surface area contributed by atoms with Crippen molar-refractivity contribution in [2.75, 3.05) is 20.8 Å². The second-order valence-electron chi connectivity index (χ2n) is 4.84. The highest BCUT2D eigenvalue weighted by molar-refractivity contribution is 6.30. The maximum atomic E-state index is 5.95. The van der Waals surface area contributed by atoms with Crippen molar-refractivity contribution in [2.45, 2.75) is 12.3 Å². The topological polar surface area (TPSA) is 44.5 Å². The van der Waals surface area contributed by atoms with Crippen LogP contribution in [-0.4, -0.2) is 20.8 Å². The van der Waals surface area contributed by atoms with Crippen LogP contribution in [0.3, 0.4) is 0 Å². The second-order valence-corrected chi connectivity index (χ2v) is 5.28. The lowest BCUT2D eigenvalue weighted by Gasteiger charge is -2.18. The molecule has 1 atom stereocenters. The van der Waals surface area contributed by atoms with Crippen molar-refractivity contribution in [3.05, 3.63) is 58.6 Å². The van der Waals surface area contributed by atoms with E-state index in [1.807, 2.05) is 42.5 Å². The maximum Gasteiger partial charge on any atom is 0.163 e. The molecule has 0 fully saturated rings. The number of benzene rings is 2. The van der Waals surface area contributed by atoms with E-state index in [9.17, 15) is 0 Å². The summed E-state index contributed by atoms with van der Waals surface area (Å²) in [4.78, 5) is 0. The molecule has 2 N–H and O–H groups in total. The van der Waals surface area contributed by atoms with E-state index in [2.05, 4.69) is 0 Å². The molecule has 0 aromatic heterocycles. The molecule has 4 heteroatoms. The first-order valence-corrected chi connectivity index (χ1v) is 7.22. The van der Waals surface area contributed by atoms with Crippen LogP contribution in [0.4, 0.5) is 0 Å². The molecule has 1 unspecified atom stereocenters. The smallest absolute Gasteiger partial charge is 0.163 e. The van der Waals surface area contributed by atoms with Gasteiger partial charge >= 0.3 is 0 Å². The quantitative estimate of drug-likeness (QED) is 0.886. The number of nitrogens with two attached hydrogens (primary N) is 1. The van der Waals surface area contributed by atoms with E-state index in [0.29, 0.717) is 6.54 Å². The number of halogens is 1. The molecule has 2 rings (SSSR count). The zero-order chi connectivity index (χ0) is 15.2. The van der Waals surface area contributed by atoms with Crippen LogP contribution < -0.4 is 15.2 Å². The molecule has 2 aromatic carbocycles. The second kappa shape index (κ2) is 7.34. The highest BCUT2D eigenvalue weighted by atomic mass is 35.5. The lowest BCUT2D eigenvalue weighted by Crippen LogP contribution is -2.15. The van der Waals surface area contributed by atoms with E-state index in [1.54, 1.807) is 14.2 Å². The van der Waals surface area contributed by atoms with Crippen molar-refractivity contribution < 1.29 is 9.47 Å². The van der Waals surface area contributed by atoms with Gasteiger partial charge in [0.05, 0.1) is 14.2 Å². The van der Waals surface area contributed by atoms with E-state index in [4.69, 9.17) is 26.8 Å². The minimum Gasteiger partial charge on any atom is -0.493 e. The molecule has 0 spiro atoms. The first kappa shape index (κ1) is 15.7. The van der Waals surface area contributed by atoms with Gasteiger partial charge in [-0.2, -0.15) is 0 Å². The minimum absolute atomic E-state index is 0.211. The summed E-state index contributed by atoms with van der Waals surface area (Å²) >= 11 is 5.94. The molecule has 0 amide bonds. The molecule has 0 bridgehead atoms. The van der Waals surface area contributed by atoms with Crippen LogP contribution in [0.2, 0.25) is 5.02 Å². The Bertz CT molecular complexity index is 584. The van der Waals surface area contributed by atoms with E-state index >= 15 is 0 Å². The summed E-state index contributed by atoms with van der Waals surface area (Å²) in [5.41, 5.74) is 8.21. The summed E-state index contributed by atoms with van der Waals surface area (Å²) in [5, 5.41) is 0.730. The van der Waals surface area contributed by atoms with Gasteiger partial charge in [0, 0.05) is 10.9 Å². The maximum absolute atomic E-state index is 5.95. The van der Waals surface area contributed by atoms with Crippen molar-refractivity contribution in [1.82, 2.24) is 0 Å². The summed E-state index contributed by atoms with van der Waals surface area (Å²) in [6, 6.07) is 13.7. The molecule has 2 aromatic rings. The van der Waals surface area contributed by atoms with Gasteiger partial charge in [0.15, 0.2) is 11.5 Å². The number of methoxy groups -OCH3 is 2. The Morgan fingerprint density at radius 2 is 1.76 bits per heavy atom. The standard InChI is InChI=1S/C17H20ClNO2/c1-20-16-5-3-4-13(17(16)21-2)10-14(11-19)12-6-8-15(18)9-7-12/h3-9,14H,10-11,19H2,1-2H3. The van der Waals surface area contributed by atoms with Gasteiger partial charge in [0.2, 0.25) is 0 Å². The monoisotopic (exact) mass is 305 g/mol. The average Bonchev–Trinajstić information content (AvgIpc) is 2.53. The molecule has 0 radical (unpaired) electrons. The van der Waals surface area contributed by atoms with Crippen molar-refractivity contribution in [3.8, 4) is 11.5 Å². The molecule has 0 heterocycles. The third-order valence-electron chi connectivity index (χ3n) is 3.58. The molecule has 0 saturated heterocycles. The molecule has 0 aliphatic heterocycles. The fraction of sp³-hybridized carbons (Fsp3) is 0.294. The van der Waals surface area contributed by atoms with Gasteiger partial charge in [-0.05, 0) is 42.3 Å². The van der Waals surface area contributed by atoms with E-state index in [1.165, 1.54) is 5.56 Å². The third kappa shape index (κ3) is 3.69. The van der Waals surface area contributed by atoms with Crippen molar-refractivity contribution in [1.29, 1.82) is 0 Å². The van der Waals surface area contributed by atoms with Crippen molar-refractivity contribution in [3.63, 3.8) is 0 Å². The molecular weight excluding hydrogens is 286 g/mol. The molecular formula is C17H20ClNO2. The summed E-state index contributed by atoms with van der Waals surface area (Å²) in [6.45, 7) is 0.558. The van der Waals surface area contributed by atoms with Gasteiger partial charge in [0.1, 0.15) is 0 Å². The number of ether oxygens (including phenoxy) is 2. The first-order valence-electron chi connectivity index (χ1n) is 6.85. The number of hydrogen-bond acceptors (Lipinski definition) is 3. The van der Waals surface area contributed by atoms with E-state index in [-0.39, 0.29) is 5.92 Å². The van der Waals surface area contributed by atoms with Crippen LogP contribution >= 0.6 is 11.6 Å². The molecule has 0 aliphatic carbocycles. The van der Waals surface area contributed by atoms with Crippen LogP contribution in [0.15, 0.2) is 42.5 Å². The van der Waals surface area contributed by atoms with Crippen LogP contribution in [0.1, 0.15) is 17.0 Å². The van der Waals surface area contributed by atoms with Crippen molar-refractivity contribution >= 4 is 11.6 Å². The molecule has 112 valence electrons. The zero-order valence-electron chi connectivity index (χ0n) is 12.3. The predicted octanol–water partition coefficient (Wildman–Crippen LogP) is 3.64. The summed E-state index contributed by atoms with van der Waals surface area (Å²) in [5.74, 6) is 1.72. The van der Waals surface area contributed by atoms with Crippen molar-refractivity contribution in [2.24, 2.45) is 5.73 Å². The Morgan fingerprint density at radius 3 is 2.33 bits per heavy atom. The van der Waals surface area contributed by atoms with Crippen LogP contribution in [0.5, 0.6) is 11.5 Å². The van der Waals surface area contributed by atoms with Gasteiger partial charge in [-0.1, -0.05) is 35.9 Å². The highest BCUT2D eigenvalue weighted by Gasteiger charge is 2.16. The molecule has 21 heavy (non-hydrogen) atoms. The van der Waals surface area contributed by atoms with Crippen LogP contribution in [-0.2, 0) is 6.42 Å². The van der Waals surface area contributed by atoms with Gasteiger partial charge in [-0.3, -0.25) is 0 Å². The lowest BCUT2D eigenvalue weighted by molar-refractivity contribution is 0.351. The van der Waals surface area contributed by atoms with E-state index < -0.39 is 0 Å². The fourth-order valence-electron chi connectivity index (χ4n) is 2.45. The van der Waals surface area contributed by atoms with Gasteiger partial charge in [-0.25, -0.2) is 0 Å². The van der Waals surface area contributed by atoms with Crippen LogP contribution in [0, 0.1) is 0 Å². The summed E-state index contributed by atoms with van der Waals surface area (Å²) < 4.78 is 10.8. The Hall–Kier alpha value is -1.71. The van der Waals surface area contributed by atoms with Gasteiger partial charge in [-0.15, -0.1) is 0 Å². The summed E-state index contributed by atoms with van der Waals surface area (Å²) in [6.07, 6.45) is 0.790. The highest BCUT2D eigenvalue weighted by Crippen LogP contribution is 2.34. The van der Waals surface area contributed by atoms with Gasteiger partial charge < -0.3 is 15.2 Å². The van der Waals surface area contributed by atoms with E-state index in [0.717, 1.165) is 28.5 Å². The SMILES string of the molecule is COc1cccc(CC(CN)c2ccc(Cl)cc2)c1OC. The summed E-state index contributed by atoms with van der Waals surface area (Å²) in [7, 11) is 3.29.